The molecule has 1 aliphatic heterocycles. The molecule has 0 saturated carbocycles. The number of benzene rings is 1. The van der Waals surface area contributed by atoms with Gasteiger partial charge in [0, 0.05) is 19.3 Å². The summed E-state index contributed by atoms with van der Waals surface area (Å²) in [6.07, 6.45) is 4.66. The van der Waals surface area contributed by atoms with Gasteiger partial charge in [0.05, 0.1) is 11.3 Å². The molecule has 0 saturated heterocycles. The van der Waals surface area contributed by atoms with Crippen molar-refractivity contribution in [2.75, 3.05) is 6.54 Å². The first-order valence-corrected chi connectivity index (χ1v) is 7.12. The maximum absolute atomic E-state index is 11.9. The van der Waals surface area contributed by atoms with Gasteiger partial charge in [-0.25, -0.2) is 0 Å². The first-order chi connectivity index (χ1) is 9.72. The molecule has 1 amide bonds. The van der Waals surface area contributed by atoms with E-state index in [0.29, 0.717) is 0 Å². The largest absolute Gasteiger partial charge is 0.352 e. The van der Waals surface area contributed by atoms with Crippen LogP contribution in [0, 0.1) is 6.92 Å². The third-order valence-electron chi connectivity index (χ3n) is 3.71. The number of nitrogens with zero attached hydrogens (tertiary/aromatic N) is 2. The van der Waals surface area contributed by atoms with E-state index >= 15 is 0 Å². The maximum atomic E-state index is 11.9. The average Bonchev–Trinajstić information content (AvgIpc) is 2.79. The summed E-state index contributed by atoms with van der Waals surface area (Å²) >= 11 is 0. The van der Waals surface area contributed by atoms with E-state index in [0.717, 1.165) is 43.6 Å². The van der Waals surface area contributed by atoms with Crippen molar-refractivity contribution in [3.05, 3.63) is 52.8 Å². The number of nitrogens with one attached hydrogen (secondary N) is 1. The normalized spacial score (nSPS) is 14.6. The fourth-order valence-corrected chi connectivity index (χ4v) is 2.50. The Balaban J connectivity index is 1.71. The molecular formula is C16H19N3O. The van der Waals surface area contributed by atoms with E-state index in [-0.39, 0.29) is 5.91 Å². The lowest BCUT2D eigenvalue weighted by atomic mass is 10.1. The van der Waals surface area contributed by atoms with Crippen molar-refractivity contribution >= 4 is 5.91 Å². The zero-order chi connectivity index (χ0) is 13.9. The Morgan fingerprint density at radius 2 is 2.10 bits per heavy atom. The lowest BCUT2D eigenvalue weighted by Crippen LogP contribution is -2.22. The Kier molecular flexibility index (Phi) is 3.54. The molecule has 4 heteroatoms. The molecule has 2 heterocycles. The minimum absolute atomic E-state index is 0.0130. The molecule has 3 rings (SSSR count). The van der Waals surface area contributed by atoms with Gasteiger partial charge in [-0.15, -0.1) is 0 Å². The molecule has 4 nitrogen and oxygen atoms in total. The average molecular weight is 269 g/mol. The minimum atomic E-state index is 0.0130. The summed E-state index contributed by atoms with van der Waals surface area (Å²) in [4.78, 5) is 11.9. The molecule has 1 N–H and O–H groups in total. The van der Waals surface area contributed by atoms with Gasteiger partial charge in [0.25, 0.3) is 5.91 Å². The fourth-order valence-electron chi connectivity index (χ4n) is 2.50. The number of aromatic nitrogens is 2. The van der Waals surface area contributed by atoms with Crippen LogP contribution in [0.5, 0.6) is 0 Å². The van der Waals surface area contributed by atoms with E-state index in [4.69, 9.17) is 0 Å². The third kappa shape index (κ3) is 2.74. The van der Waals surface area contributed by atoms with E-state index in [1.54, 1.807) is 0 Å². The lowest BCUT2D eigenvalue weighted by molar-refractivity contribution is 0.0956. The van der Waals surface area contributed by atoms with Crippen molar-refractivity contribution in [1.29, 1.82) is 0 Å². The van der Waals surface area contributed by atoms with E-state index in [2.05, 4.69) is 41.6 Å². The summed E-state index contributed by atoms with van der Waals surface area (Å²) in [6, 6.07) is 8.55. The van der Waals surface area contributed by atoms with Gasteiger partial charge in [0.2, 0.25) is 0 Å². The van der Waals surface area contributed by atoms with E-state index < -0.39 is 0 Å². The Hall–Kier alpha value is -2.10. The van der Waals surface area contributed by atoms with Crippen LogP contribution in [0.1, 0.15) is 33.6 Å². The minimum Gasteiger partial charge on any atom is -0.352 e. The Morgan fingerprint density at radius 1 is 1.30 bits per heavy atom. The molecule has 0 radical (unpaired) electrons. The predicted molar refractivity (Wildman–Crippen MR) is 77.8 cm³/mol. The van der Waals surface area contributed by atoms with Crippen LogP contribution in [0.25, 0.3) is 0 Å². The number of hydrogen-bond donors (Lipinski definition) is 1. The Morgan fingerprint density at radius 3 is 2.90 bits per heavy atom. The molecular weight excluding hydrogens is 250 g/mol. The van der Waals surface area contributed by atoms with Gasteiger partial charge in [-0.3, -0.25) is 9.48 Å². The van der Waals surface area contributed by atoms with E-state index in [1.165, 1.54) is 11.1 Å². The van der Waals surface area contributed by atoms with Gasteiger partial charge in [0.1, 0.15) is 0 Å². The molecule has 0 bridgehead atoms. The highest BCUT2D eigenvalue weighted by molar-refractivity contribution is 5.95. The number of aryl methyl sites for hydroxylation is 4. The standard InChI is InChI=1S/C16H19N3O/c1-12-4-6-13(7-5-12)8-10-19-11-14-15(18-19)3-2-9-17-16(14)20/h4-7,11H,2-3,8-10H2,1H3,(H,17,20). The highest BCUT2D eigenvalue weighted by Gasteiger charge is 2.18. The molecule has 2 aromatic rings. The smallest absolute Gasteiger partial charge is 0.254 e. The predicted octanol–water partition coefficient (Wildman–Crippen LogP) is 2.11. The molecule has 0 spiro atoms. The summed E-state index contributed by atoms with van der Waals surface area (Å²) in [5.41, 5.74) is 4.25. The maximum Gasteiger partial charge on any atom is 0.254 e. The second kappa shape index (κ2) is 5.49. The molecule has 0 unspecified atom stereocenters. The van der Waals surface area contributed by atoms with Gasteiger partial charge in [-0.05, 0) is 31.7 Å². The highest BCUT2D eigenvalue weighted by atomic mass is 16.1. The topological polar surface area (TPSA) is 46.9 Å². The molecule has 104 valence electrons. The quantitative estimate of drug-likeness (QED) is 0.927. The highest BCUT2D eigenvalue weighted by Crippen LogP contribution is 2.13. The van der Waals surface area contributed by atoms with Gasteiger partial charge in [0.15, 0.2) is 0 Å². The van der Waals surface area contributed by atoms with E-state index in [9.17, 15) is 4.79 Å². The van der Waals surface area contributed by atoms with E-state index in [1.807, 2.05) is 10.9 Å². The summed E-state index contributed by atoms with van der Waals surface area (Å²) in [6.45, 7) is 3.65. The van der Waals surface area contributed by atoms with Crippen LogP contribution in [-0.2, 0) is 19.4 Å². The Labute approximate surface area is 118 Å². The van der Waals surface area contributed by atoms with Crippen LogP contribution in [0.2, 0.25) is 0 Å². The lowest BCUT2D eigenvalue weighted by Gasteiger charge is -2.03. The van der Waals surface area contributed by atoms with Crippen molar-refractivity contribution in [2.45, 2.75) is 32.7 Å². The van der Waals surface area contributed by atoms with Crippen molar-refractivity contribution in [3.63, 3.8) is 0 Å². The Bertz CT molecular complexity index is 613. The molecule has 0 atom stereocenters. The first-order valence-electron chi connectivity index (χ1n) is 7.12. The monoisotopic (exact) mass is 269 g/mol. The first kappa shape index (κ1) is 12.9. The molecule has 20 heavy (non-hydrogen) atoms. The number of carbonyl (C=O) groups excluding carboxylic acids is 1. The van der Waals surface area contributed by atoms with Crippen LogP contribution >= 0.6 is 0 Å². The van der Waals surface area contributed by atoms with Crippen molar-refractivity contribution in [1.82, 2.24) is 15.1 Å². The number of rotatable bonds is 3. The summed E-state index contributed by atoms with van der Waals surface area (Å²) in [5, 5.41) is 7.45. The number of carbonyl (C=O) groups is 1. The SMILES string of the molecule is Cc1ccc(CCn2cc3c(n2)CCCNC3=O)cc1. The number of fused-ring (bicyclic) bond motifs is 1. The van der Waals surface area contributed by atoms with Crippen molar-refractivity contribution < 1.29 is 4.79 Å². The van der Waals surface area contributed by atoms with Gasteiger partial charge in [-0.1, -0.05) is 29.8 Å². The molecule has 0 fully saturated rings. The van der Waals surface area contributed by atoms with Crippen LogP contribution in [0.3, 0.4) is 0 Å². The molecule has 1 aromatic heterocycles. The molecule has 1 aromatic carbocycles. The van der Waals surface area contributed by atoms with Crippen LogP contribution in [0.15, 0.2) is 30.5 Å². The zero-order valence-corrected chi connectivity index (χ0v) is 11.7. The summed E-state index contributed by atoms with van der Waals surface area (Å²) in [5.74, 6) is 0.0130. The second-order valence-electron chi connectivity index (χ2n) is 5.35. The summed E-state index contributed by atoms with van der Waals surface area (Å²) < 4.78 is 1.90. The van der Waals surface area contributed by atoms with Crippen LogP contribution in [0.4, 0.5) is 0 Å². The molecule has 1 aliphatic rings. The third-order valence-corrected chi connectivity index (χ3v) is 3.71. The van der Waals surface area contributed by atoms with Gasteiger partial charge >= 0.3 is 0 Å². The number of amides is 1. The van der Waals surface area contributed by atoms with Crippen molar-refractivity contribution in [2.24, 2.45) is 0 Å². The van der Waals surface area contributed by atoms with Gasteiger partial charge in [-0.2, -0.15) is 5.10 Å². The van der Waals surface area contributed by atoms with Gasteiger partial charge < -0.3 is 5.32 Å². The number of hydrogen-bond acceptors (Lipinski definition) is 2. The van der Waals surface area contributed by atoms with Crippen LogP contribution < -0.4 is 5.32 Å². The molecule has 0 aliphatic carbocycles. The second-order valence-corrected chi connectivity index (χ2v) is 5.35. The summed E-state index contributed by atoms with van der Waals surface area (Å²) in [7, 11) is 0. The van der Waals surface area contributed by atoms with Crippen LogP contribution in [-0.4, -0.2) is 22.2 Å². The zero-order valence-electron chi connectivity index (χ0n) is 11.7. The fraction of sp³-hybridized carbons (Fsp3) is 0.375. The van der Waals surface area contributed by atoms with Crippen molar-refractivity contribution in [3.8, 4) is 0 Å².